The van der Waals surface area contributed by atoms with E-state index < -0.39 is 0 Å². The monoisotopic (exact) mass is 178 g/mol. The van der Waals surface area contributed by atoms with Crippen molar-refractivity contribution in [2.75, 3.05) is 0 Å². The highest BCUT2D eigenvalue weighted by atomic mass is 32.2. The Morgan fingerprint density at radius 3 is 2.58 bits per heavy atom. The summed E-state index contributed by atoms with van der Waals surface area (Å²) < 4.78 is 0. The van der Waals surface area contributed by atoms with Crippen molar-refractivity contribution in [3.63, 3.8) is 0 Å². The molecule has 1 nitrogen and oxygen atoms in total. The van der Waals surface area contributed by atoms with Crippen LogP contribution in [0.2, 0.25) is 0 Å². The SMILES string of the molecule is CC(=O)/C=C\Sc1ccccc1. The fourth-order valence-electron chi connectivity index (χ4n) is 0.707. The largest absolute Gasteiger partial charge is 0.295 e. The molecule has 0 bridgehead atoms. The number of allylic oxidation sites excluding steroid dienone is 1. The van der Waals surface area contributed by atoms with E-state index in [0.29, 0.717) is 0 Å². The highest BCUT2D eigenvalue weighted by Crippen LogP contribution is 2.17. The molecule has 0 saturated heterocycles. The third-order valence-electron chi connectivity index (χ3n) is 1.25. The van der Waals surface area contributed by atoms with Gasteiger partial charge in [-0.05, 0) is 30.5 Å². The summed E-state index contributed by atoms with van der Waals surface area (Å²) in [4.78, 5) is 11.7. The molecule has 0 N–H and O–H groups in total. The lowest BCUT2D eigenvalue weighted by Gasteiger charge is -1.92. The van der Waals surface area contributed by atoms with Crippen LogP contribution >= 0.6 is 11.8 Å². The molecule has 0 aliphatic carbocycles. The molecule has 0 fully saturated rings. The Balaban J connectivity index is 2.49. The van der Waals surface area contributed by atoms with Crippen molar-refractivity contribution in [2.45, 2.75) is 11.8 Å². The predicted octanol–water partition coefficient (Wildman–Crippen LogP) is 2.88. The number of benzene rings is 1. The van der Waals surface area contributed by atoms with E-state index in [1.54, 1.807) is 30.2 Å². The number of thioether (sulfide) groups is 1. The van der Waals surface area contributed by atoms with E-state index in [9.17, 15) is 4.79 Å². The summed E-state index contributed by atoms with van der Waals surface area (Å²) in [5.74, 6) is 0.0819. The first-order valence-corrected chi connectivity index (χ1v) is 4.56. The van der Waals surface area contributed by atoms with Gasteiger partial charge in [-0.2, -0.15) is 0 Å². The summed E-state index contributed by atoms with van der Waals surface area (Å²) in [5, 5.41) is 1.80. The Hall–Kier alpha value is -1.02. The zero-order valence-corrected chi connectivity index (χ0v) is 7.67. The number of ketones is 1. The lowest BCUT2D eigenvalue weighted by atomic mass is 10.4. The second-order valence-corrected chi connectivity index (χ2v) is 3.32. The van der Waals surface area contributed by atoms with Crippen LogP contribution in [0.5, 0.6) is 0 Å². The van der Waals surface area contributed by atoms with Crippen LogP contribution in [0.4, 0.5) is 0 Å². The molecular weight excluding hydrogens is 168 g/mol. The number of carbonyl (C=O) groups is 1. The lowest BCUT2D eigenvalue weighted by molar-refractivity contribution is -0.112. The van der Waals surface area contributed by atoms with Crippen molar-refractivity contribution in [1.82, 2.24) is 0 Å². The molecule has 1 aromatic rings. The van der Waals surface area contributed by atoms with Crippen LogP contribution in [-0.2, 0) is 4.79 Å². The fraction of sp³-hybridized carbons (Fsp3) is 0.100. The maximum absolute atomic E-state index is 10.5. The van der Waals surface area contributed by atoms with Crippen molar-refractivity contribution in [2.24, 2.45) is 0 Å². The molecule has 0 amide bonds. The van der Waals surface area contributed by atoms with Gasteiger partial charge in [-0.1, -0.05) is 30.0 Å². The molecular formula is C10H10OS. The van der Waals surface area contributed by atoms with Gasteiger partial charge in [0.1, 0.15) is 0 Å². The van der Waals surface area contributed by atoms with Crippen LogP contribution in [0.1, 0.15) is 6.92 Å². The number of rotatable bonds is 3. The Labute approximate surface area is 76.5 Å². The summed E-state index contributed by atoms with van der Waals surface area (Å²) >= 11 is 1.55. The molecule has 0 aliphatic heterocycles. The van der Waals surface area contributed by atoms with Crippen LogP contribution in [0.25, 0.3) is 0 Å². The molecule has 0 aromatic heterocycles. The maximum atomic E-state index is 10.5. The van der Waals surface area contributed by atoms with Gasteiger partial charge in [-0.25, -0.2) is 0 Å². The van der Waals surface area contributed by atoms with Crippen LogP contribution in [-0.4, -0.2) is 5.78 Å². The first-order valence-electron chi connectivity index (χ1n) is 3.68. The second-order valence-electron chi connectivity index (χ2n) is 2.34. The maximum Gasteiger partial charge on any atom is 0.153 e. The quantitative estimate of drug-likeness (QED) is 0.523. The Morgan fingerprint density at radius 2 is 2.00 bits per heavy atom. The fourth-order valence-corrected chi connectivity index (χ4v) is 1.44. The van der Waals surface area contributed by atoms with Crippen molar-refractivity contribution < 1.29 is 4.79 Å². The van der Waals surface area contributed by atoms with Gasteiger partial charge in [0.05, 0.1) is 0 Å². The molecule has 62 valence electrons. The average molecular weight is 178 g/mol. The van der Waals surface area contributed by atoms with E-state index in [4.69, 9.17) is 0 Å². The summed E-state index contributed by atoms with van der Waals surface area (Å²) in [6.07, 6.45) is 1.57. The Morgan fingerprint density at radius 1 is 1.33 bits per heavy atom. The number of carbonyl (C=O) groups excluding carboxylic acids is 1. The minimum atomic E-state index is 0.0819. The molecule has 0 spiro atoms. The van der Waals surface area contributed by atoms with E-state index in [-0.39, 0.29) is 5.78 Å². The van der Waals surface area contributed by atoms with Crippen molar-refractivity contribution in [3.8, 4) is 0 Å². The molecule has 0 saturated carbocycles. The molecule has 0 aliphatic rings. The normalized spacial score (nSPS) is 10.4. The van der Waals surface area contributed by atoms with E-state index in [1.165, 1.54) is 0 Å². The highest BCUT2D eigenvalue weighted by Gasteiger charge is 1.86. The van der Waals surface area contributed by atoms with Gasteiger partial charge in [0.2, 0.25) is 0 Å². The van der Waals surface area contributed by atoms with Gasteiger partial charge in [0.15, 0.2) is 5.78 Å². The number of hydrogen-bond acceptors (Lipinski definition) is 2. The molecule has 1 rings (SSSR count). The zero-order chi connectivity index (χ0) is 8.81. The summed E-state index contributed by atoms with van der Waals surface area (Å²) in [5.41, 5.74) is 0. The average Bonchev–Trinajstić information content (AvgIpc) is 2.05. The standard InChI is InChI=1S/C10H10OS/c1-9(11)7-8-12-10-5-3-2-4-6-10/h2-8H,1H3/b8-7-. The molecule has 12 heavy (non-hydrogen) atoms. The second kappa shape index (κ2) is 4.78. The van der Waals surface area contributed by atoms with Gasteiger partial charge >= 0.3 is 0 Å². The van der Waals surface area contributed by atoms with Gasteiger partial charge in [0.25, 0.3) is 0 Å². The summed E-state index contributed by atoms with van der Waals surface area (Å²) in [7, 11) is 0. The first kappa shape index (κ1) is 9.07. The van der Waals surface area contributed by atoms with E-state index in [2.05, 4.69) is 0 Å². The van der Waals surface area contributed by atoms with E-state index >= 15 is 0 Å². The van der Waals surface area contributed by atoms with Gasteiger partial charge < -0.3 is 0 Å². The molecule has 0 unspecified atom stereocenters. The smallest absolute Gasteiger partial charge is 0.153 e. The third-order valence-corrected chi connectivity index (χ3v) is 2.07. The van der Waals surface area contributed by atoms with Crippen LogP contribution in [0.15, 0.2) is 46.7 Å². The van der Waals surface area contributed by atoms with Crippen LogP contribution in [0.3, 0.4) is 0 Å². The van der Waals surface area contributed by atoms with E-state index in [1.807, 2.05) is 30.3 Å². The van der Waals surface area contributed by atoms with Crippen molar-refractivity contribution in [1.29, 1.82) is 0 Å². The molecule has 0 atom stereocenters. The Bertz CT molecular complexity index is 277. The highest BCUT2D eigenvalue weighted by molar-refractivity contribution is 8.02. The molecule has 1 aromatic carbocycles. The van der Waals surface area contributed by atoms with Gasteiger partial charge in [-0.3, -0.25) is 4.79 Å². The Kier molecular flexibility index (Phi) is 3.61. The van der Waals surface area contributed by atoms with Crippen molar-refractivity contribution in [3.05, 3.63) is 41.8 Å². The third kappa shape index (κ3) is 3.39. The van der Waals surface area contributed by atoms with E-state index in [0.717, 1.165) is 4.90 Å². The topological polar surface area (TPSA) is 17.1 Å². The van der Waals surface area contributed by atoms with Crippen molar-refractivity contribution >= 4 is 17.5 Å². The van der Waals surface area contributed by atoms with Crippen LogP contribution < -0.4 is 0 Å². The molecule has 0 heterocycles. The summed E-state index contributed by atoms with van der Waals surface area (Å²) in [6, 6.07) is 9.94. The molecule has 0 radical (unpaired) electrons. The lowest BCUT2D eigenvalue weighted by Crippen LogP contribution is -1.77. The minimum absolute atomic E-state index is 0.0819. The minimum Gasteiger partial charge on any atom is -0.295 e. The zero-order valence-electron chi connectivity index (χ0n) is 6.86. The number of hydrogen-bond donors (Lipinski definition) is 0. The molecule has 2 heteroatoms. The van der Waals surface area contributed by atoms with Crippen LogP contribution in [0, 0.1) is 0 Å². The first-order chi connectivity index (χ1) is 5.79. The van der Waals surface area contributed by atoms with Gasteiger partial charge in [-0.15, -0.1) is 0 Å². The predicted molar refractivity (Wildman–Crippen MR) is 52.1 cm³/mol. The summed E-state index contributed by atoms with van der Waals surface area (Å²) in [6.45, 7) is 1.54. The van der Waals surface area contributed by atoms with Gasteiger partial charge in [0, 0.05) is 4.90 Å².